The van der Waals surface area contributed by atoms with Crippen LogP contribution in [-0.2, 0) is 24.1 Å². The fourth-order valence-corrected chi connectivity index (χ4v) is 4.95. The number of rotatable bonds is 6. The van der Waals surface area contributed by atoms with Crippen LogP contribution in [0.4, 0.5) is 10.6 Å². The van der Waals surface area contributed by atoms with E-state index in [-0.39, 0.29) is 15.7 Å². The average molecular weight is 484 g/mol. The predicted molar refractivity (Wildman–Crippen MR) is 122 cm³/mol. The van der Waals surface area contributed by atoms with E-state index in [4.69, 9.17) is 15.2 Å². The van der Waals surface area contributed by atoms with Crippen LogP contribution in [0, 0.1) is 0 Å². The standard InChI is InChI=1S/C21H29N3O6S2/c1-20(2,3)29-16(25)13-24(19(26)30-21(4,5)6)15-10-7-9-14(23-15)18(22)32(27,28)17-11-8-12-31-17/h7-12,18H,13,22H2,1-6H3. The highest BCUT2D eigenvalue weighted by atomic mass is 32.2. The van der Waals surface area contributed by atoms with Gasteiger partial charge < -0.3 is 15.2 Å². The molecule has 2 aromatic heterocycles. The molecule has 1 unspecified atom stereocenters. The molecule has 2 heterocycles. The monoisotopic (exact) mass is 483 g/mol. The lowest BCUT2D eigenvalue weighted by atomic mass is 10.2. The van der Waals surface area contributed by atoms with Crippen LogP contribution in [0.1, 0.15) is 52.6 Å². The second-order valence-electron chi connectivity index (χ2n) is 8.97. The first-order chi connectivity index (χ1) is 14.6. The molecule has 0 spiro atoms. The molecule has 2 rings (SSSR count). The predicted octanol–water partition coefficient (Wildman–Crippen LogP) is 3.66. The van der Waals surface area contributed by atoms with E-state index in [2.05, 4.69) is 4.98 Å². The van der Waals surface area contributed by atoms with Crippen molar-refractivity contribution in [1.82, 2.24) is 4.98 Å². The number of carbonyl (C=O) groups is 2. The second kappa shape index (κ2) is 9.55. The Bertz CT molecular complexity index is 1050. The van der Waals surface area contributed by atoms with E-state index in [1.807, 2.05) is 0 Å². The summed E-state index contributed by atoms with van der Waals surface area (Å²) in [6.45, 7) is 9.69. The number of carbonyl (C=O) groups excluding carboxylic acids is 2. The van der Waals surface area contributed by atoms with Gasteiger partial charge in [-0.25, -0.2) is 18.2 Å². The number of thiophene rings is 1. The number of nitrogens with zero attached hydrogens (tertiary/aromatic N) is 2. The van der Waals surface area contributed by atoms with Gasteiger partial charge in [0.1, 0.15) is 27.8 Å². The summed E-state index contributed by atoms with van der Waals surface area (Å²) >= 11 is 1.05. The Hall–Kier alpha value is -2.50. The van der Waals surface area contributed by atoms with E-state index < -0.39 is 45.0 Å². The highest BCUT2D eigenvalue weighted by Gasteiger charge is 2.31. The summed E-state index contributed by atoms with van der Waals surface area (Å²) in [6, 6.07) is 7.48. The maximum absolute atomic E-state index is 12.8. The van der Waals surface area contributed by atoms with E-state index in [9.17, 15) is 18.0 Å². The minimum Gasteiger partial charge on any atom is -0.459 e. The van der Waals surface area contributed by atoms with Crippen LogP contribution in [-0.4, -0.2) is 43.2 Å². The molecular formula is C21H29N3O6S2. The summed E-state index contributed by atoms with van der Waals surface area (Å²) in [7, 11) is -3.88. The van der Waals surface area contributed by atoms with Crippen LogP contribution >= 0.6 is 11.3 Å². The first kappa shape index (κ1) is 25.8. The van der Waals surface area contributed by atoms with Gasteiger partial charge in [-0.3, -0.25) is 9.69 Å². The normalized spacial score (nSPS) is 13.3. The number of pyridine rings is 1. The lowest BCUT2D eigenvalue weighted by Crippen LogP contribution is -2.42. The number of hydrogen-bond acceptors (Lipinski definition) is 9. The Morgan fingerprint density at radius 1 is 1.06 bits per heavy atom. The molecule has 0 aliphatic carbocycles. The molecule has 0 aromatic carbocycles. The Kier molecular flexibility index (Phi) is 7.69. The van der Waals surface area contributed by atoms with Gasteiger partial charge >= 0.3 is 12.1 Å². The molecular weight excluding hydrogens is 454 g/mol. The topological polar surface area (TPSA) is 129 Å². The molecule has 1 amide bonds. The number of amides is 1. The van der Waals surface area contributed by atoms with E-state index in [1.54, 1.807) is 53.0 Å². The third-order valence-corrected chi connectivity index (χ3v) is 7.01. The number of sulfone groups is 1. The largest absolute Gasteiger partial charge is 0.459 e. The Morgan fingerprint density at radius 2 is 1.69 bits per heavy atom. The van der Waals surface area contributed by atoms with Gasteiger partial charge in [0.05, 0.1) is 5.69 Å². The van der Waals surface area contributed by atoms with Crippen molar-refractivity contribution >= 4 is 39.1 Å². The number of ether oxygens (including phenoxy) is 2. The van der Waals surface area contributed by atoms with Crippen LogP contribution in [0.15, 0.2) is 39.9 Å². The van der Waals surface area contributed by atoms with Gasteiger partial charge in [-0.2, -0.15) is 0 Å². The highest BCUT2D eigenvalue weighted by Crippen LogP contribution is 2.28. The molecule has 0 saturated carbocycles. The van der Waals surface area contributed by atoms with E-state index in [0.29, 0.717) is 0 Å². The van der Waals surface area contributed by atoms with Gasteiger partial charge in [0.2, 0.25) is 9.84 Å². The molecule has 11 heteroatoms. The lowest BCUT2D eigenvalue weighted by Gasteiger charge is -2.28. The van der Waals surface area contributed by atoms with Crippen molar-refractivity contribution in [2.75, 3.05) is 11.4 Å². The van der Waals surface area contributed by atoms with Crippen LogP contribution in [0.2, 0.25) is 0 Å². The van der Waals surface area contributed by atoms with Gasteiger partial charge in [-0.1, -0.05) is 12.1 Å². The molecule has 0 bridgehead atoms. The number of esters is 1. The zero-order valence-corrected chi connectivity index (χ0v) is 20.6. The number of anilines is 1. The molecule has 0 saturated heterocycles. The molecule has 176 valence electrons. The highest BCUT2D eigenvalue weighted by molar-refractivity contribution is 7.93. The van der Waals surface area contributed by atoms with Crippen molar-refractivity contribution in [1.29, 1.82) is 0 Å². The van der Waals surface area contributed by atoms with Crippen molar-refractivity contribution in [3.8, 4) is 0 Å². The van der Waals surface area contributed by atoms with E-state index >= 15 is 0 Å². The van der Waals surface area contributed by atoms with Crippen LogP contribution < -0.4 is 10.6 Å². The maximum atomic E-state index is 12.8. The number of hydrogen-bond donors (Lipinski definition) is 1. The van der Waals surface area contributed by atoms with Crippen molar-refractivity contribution in [2.45, 2.75) is 62.3 Å². The molecule has 1 atom stereocenters. The molecule has 2 aromatic rings. The summed E-state index contributed by atoms with van der Waals surface area (Å²) in [5.74, 6) is -0.662. The Morgan fingerprint density at radius 3 is 2.22 bits per heavy atom. The molecule has 0 radical (unpaired) electrons. The van der Waals surface area contributed by atoms with Gasteiger partial charge in [0.15, 0.2) is 5.37 Å². The van der Waals surface area contributed by atoms with Crippen molar-refractivity contribution in [2.24, 2.45) is 5.73 Å². The van der Waals surface area contributed by atoms with Crippen LogP contribution in [0.25, 0.3) is 0 Å². The van der Waals surface area contributed by atoms with E-state index in [0.717, 1.165) is 16.2 Å². The molecule has 0 aliphatic heterocycles. The molecule has 32 heavy (non-hydrogen) atoms. The summed E-state index contributed by atoms with van der Waals surface area (Å²) in [4.78, 5) is 30.5. The fraction of sp³-hybridized carbons (Fsp3) is 0.476. The van der Waals surface area contributed by atoms with Gasteiger partial charge in [-0.05, 0) is 65.1 Å². The quantitative estimate of drug-likeness (QED) is 0.616. The third-order valence-electron chi connectivity index (χ3n) is 3.75. The summed E-state index contributed by atoms with van der Waals surface area (Å²) in [5.41, 5.74) is 4.45. The summed E-state index contributed by atoms with van der Waals surface area (Å²) < 4.78 is 36.4. The Balaban J connectivity index is 2.41. The van der Waals surface area contributed by atoms with E-state index in [1.165, 1.54) is 24.3 Å². The zero-order valence-electron chi connectivity index (χ0n) is 19.0. The molecule has 2 N–H and O–H groups in total. The number of aromatic nitrogens is 1. The first-order valence-corrected chi connectivity index (χ1v) is 12.2. The second-order valence-corrected chi connectivity index (χ2v) is 12.2. The van der Waals surface area contributed by atoms with Crippen LogP contribution in [0.5, 0.6) is 0 Å². The van der Waals surface area contributed by atoms with Crippen molar-refractivity contribution in [3.05, 3.63) is 41.4 Å². The van der Waals surface area contributed by atoms with Gasteiger partial charge in [0, 0.05) is 0 Å². The fourth-order valence-electron chi connectivity index (χ4n) is 2.52. The Labute approximate surface area is 192 Å². The SMILES string of the molecule is CC(C)(C)OC(=O)CN(C(=O)OC(C)(C)C)c1cccc(C(N)S(=O)(=O)c2cccs2)n1. The summed E-state index contributed by atoms with van der Waals surface area (Å²) in [5, 5.41) is 0.178. The van der Waals surface area contributed by atoms with Gasteiger partial charge in [0.25, 0.3) is 0 Å². The molecule has 0 fully saturated rings. The first-order valence-electron chi connectivity index (χ1n) is 9.82. The summed E-state index contributed by atoms with van der Waals surface area (Å²) in [6.07, 6.45) is -0.831. The van der Waals surface area contributed by atoms with Crippen molar-refractivity contribution in [3.63, 3.8) is 0 Å². The van der Waals surface area contributed by atoms with Crippen LogP contribution in [0.3, 0.4) is 0 Å². The van der Waals surface area contributed by atoms with Crippen molar-refractivity contribution < 1.29 is 27.5 Å². The lowest BCUT2D eigenvalue weighted by molar-refractivity contribution is -0.153. The minimum atomic E-state index is -3.88. The molecule has 9 nitrogen and oxygen atoms in total. The third kappa shape index (κ3) is 7.01. The number of nitrogens with two attached hydrogens (primary N) is 1. The average Bonchev–Trinajstić information content (AvgIpc) is 3.18. The van der Waals surface area contributed by atoms with Gasteiger partial charge in [-0.15, -0.1) is 11.3 Å². The zero-order chi connectivity index (χ0) is 24.3. The smallest absolute Gasteiger partial charge is 0.416 e. The maximum Gasteiger partial charge on any atom is 0.416 e. The molecule has 0 aliphatic rings. The minimum absolute atomic E-state index is 0.0134.